The van der Waals surface area contributed by atoms with Crippen LogP contribution in [0, 0.1) is 17.8 Å². The Bertz CT molecular complexity index is 316. The SMILES string of the molecule is C/C=C/CCCCCC(C)CCCC(C)CCC(C)CCCCCCCCC. The van der Waals surface area contributed by atoms with Crippen LogP contribution in [0.5, 0.6) is 0 Å². The van der Waals surface area contributed by atoms with E-state index in [2.05, 4.69) is 46.8 Å². The van der Waals surface area contributed by atoms with Crippen molar-refractivity contribution in [3.63, 3.8) is 0 Å². The van der Waals surface area contributed by atoms with E-state index in [-0.39, 0.29) is 0 Å². The lowest BCUT2D eigenvalue weighted by molar-refractivity contribution is 0.362. The molecule has 0 rings (SSSR count). The second kappa shape index (κ2) is 21.4. The minimum Gasteiger partial charge on any atom is -0.0917 e. The summed E-state index contributed by atoms with van der Waals surface area (Å²) in [5.74, 6) is 2.81. The van der Waals surface area contributed by atoms with Crippen LogP contribution in [0.2, 0.25) is 0 Å². The van der Waals surface area contributed by atoms with Gasteiger partial charge in [0.25, 0.3) is 0 Å². The van der Waals surface area contributed by atoms with E-state index in [9.17, 15) is 0 Å². The Balaban J connectivity index is 3.46. The van der Waals surface area contributed by atoms with Crippen LogP contribution < -0.4 is 0 Å². The Hall–Kier alpha value is -0.260. The molecule has 0 nitrogen and oxygen atoms in total. The average Bonchev–Trinajstić information content (AvgIpc) is 2.68. The zero-order valence-electron chi connectivity index (χ0n) is 20.6. The predicted octanol–water partition coefficient (Wildman–Crippen LogP) is 10.5. The van der Waals surface area contributed by atoms with Crippen molar-refractivity contribution in [2.24, 2.45) is 17.8 Å². The second-order valence-electron chi connectivity index (χ2n) is 9.94. The first-order chi connectivity index (χ1) is 13.6. The molecule has 0 bridgehead atoms. The van der Waals surface area contributed by atoms with Gasteiger partial charge in [-0.15, -0.1) is 0 Å². The van der Waals surface area contributed by atoms with Gasteiger partial charge in [0.2, 0.25) is 0 Å². The maximum Gasteiger partial charge on any atom is -0.0351 e. The summed E-state index contributed by atoms with van der Waals surface area (Å²) in [6.45, 7) is 11.9. The van der Waals surface area contributed by atoms with E-state index in [1.54, 1.807) is 0 Å². The number of allylic oxidation sites excluding steroid dienone is 2. The molecule has 3 unspecified atom stereocenters. The highest BCUT2D eigenvalue weighted by Gasteiger charge is 2.08. The summed E-state index contributed by atoms with van der Waals surface area (Å²) in [7, 11) is 0. The first kappa shape index (κ1) is 27.7. The second-order valence-corrected chi connectivity index (χ2v) is 9.94. The van der Waals surface area contributed by atoms with Gasteiger partial charge in [0, 0.05) is 0 Å². The van der Waals surface area contributed by atoms with Crippen molar-refractivity contribution >= 4 is 0 Å². The van der Waals surface area contributed by atoms with E-state index in [1.165, 1.54) is 116 Å². The third kappa shape index (κ3) is 20.5. The fourth-order valence-corrected chi connectivity index (χ4v) is 4.37. The Morgan fingerprint density at radius 2 is 0.929 bits per heavy atom. The first-order valence-electron chi connectivity index (χ1n) is 13.2. The molecular formula is C28H56. The van der Waals surface area contributed by atoms with Crippen LogP contribution in [-0.4, -0.2) is 0 Å². The molecule has 168 valence electrons. The van der Waals surface area contributed by atoms with Gasteiger partial charge in [-0.2, -0.15) is 0 Å². The van der Waals surface area contributed by atoms with E-state index in [1.807, 2.05) is 0 Å². The molecule has 0 aliphatic heterocycles. The number of rotatable bonds is 21. The van der Waals surface area contributed by atoms with Crippen LogP contribution in [0.3, 0.4) is 0 Å². The van der Waals surface area contributed by atoms with Crippen molar-refractivity contribution < 1.29 is 0 Å². The van der Waals surface area contributed by atoms with Crippen molar-refractivity contribution in [2.75, 3.05) is 0 Å². The highest BCUT2D eigenvalue weighted by molar-refractivity contribution is 4.76. The molecule has 3 atom stereocenters. The zero-order chi connectivity index (χ0) is 20.9. The minimum absolute atomic E-state index is 0.935. The quantitative estimate of drug-likeness (QED) is 0.134. The highest BCUT2D eigenvalue weighted by Crippen LogP contribution is 2.23. The van der Waals surface area contributed by atoms with E-state index >= 15 is 0 Å². The molecule has 0 saturated carbocycles. The molecule has 0 aromatic carbocycles. The molecule has 0 aliphatic carbocycles. The molecule has 0 aromatic rings. The van der Waals surface area contributed by atoms with Gasteiger partial charge in [-0.25, -0.2) is 0 Å². The fraction of sp³-hybridized carbons (Fsp3) is 0.929. The average molecular weight is 393 g/mol. The van der Waals surface area contributed by atoms with Crippen molar-refractivity contribution in [3.8, 4) is 0 Å². The van der Waals surface area contributed by atoms with Crippen LogP contribution in [0.1, 0.15) is 150 Å². The summed E-state index contributed by atoms with van der Waals surface area (Å²) in [5, 5.41) is 0. The van der Waals surface area contributed by atoms with Crippen LogP contribution in [0.4, 0.5) is 0 Å². The van der Waals surface area contributed by atoms with E-state index in [0.29, 0.717) is 0 Å². The molecule has 0 aliphatic rings. The summed E-state index contributed by atoms with van der Waals surface area (Å²) in [6.07, 6.45) is 30.3. The lowest BCUT2D eigenvalue weighted by Crippen LogP contribution is -2.02. The molecular weight excluding hydrogens is 336 g/mol. The van der Waals surface area contributed by atoms with Gasteiger partial charge in [-0.1, -0.05) is 143 Å². The largest absolute Gasteiger partial charge is 0.0917 e. The summed E-state index contributed by atoms with van der Waals surface area (Å²) in [4.78, 5) is 0. The van der Waals surface area contributed by atoms with E-state index in [0.717, 1.165) is 17.8 Å². The van der Waals surface area contributed by atoms with Crippen LogP contribution in [0.25, 0.3) is 0 Å². The van der Waals surface area contributed by atoms with Crippen LogP contribution in [0.15, 0.2) is 12.2 Å². The number of hydrogen-bond acceptors (Lipinski definition) is 0. The molecule has 0 fully saturated rings. The molecule has 0 aromatic heterocycles. The number of unbranched alkanes of at least 4 members (excludes halogenated alkanes) is 9. The maximum atomic E-state index is 2.49. The Labute approximate surface area is 180 Å². The zero-order valence-corrected chi connectivity index (χ0v) is 20.6. The first-order valence-corrected chi connectivity index (χ1v) is 13.2. The highest BCUT2D eigenvalue weighted by atomic mass is 14.1. The smallest absolute Gasteiger partial charge is 0.0351 e. The van der Waals surface area contributed by atoms with Gasteiger partial charge in [0.1, 0.15) is 0 Å². The molecule has 28 heavy (non-hydrogen) atoms. The molecule has 0 N–H and O–H groups in total. The van der Waals surface area contributed by atoms with Crippen LogP contribution >= 0.6 is 0 Å². The maximum absolute atomic E-state index is 2.49. The molecule has 0 heteroatoms. The van der Waals surface area contributed by atoms with Crippen molar-refractivity contribution in [1.82, 2.24) is 0 Å². The topological polar surface area (TPSA) is 0 Å². The molecule has 0 heterocycles. The fourth-order valence-electron chi connectivity index (χ4n) is 4.37. The Morgan fingerprint density at radius 3 is 1.46 bits per heavy atom. The Morgan fingerprint density at radius 1 is 0.500 bits per heavy atom. The molecule has 0 saturated heterocycles. The Kier molecular flexibility index (Phi) is 21.2. The van der Waals surface area contributed by atoms with E-state index < -0.39 is 0 Å². The van der Waals surface area contributed by atoms with Crippen molar-refractivity contribution in [2.45, 2.75) is 150 Å². The van der Waals surface area contributed by atoms with Crippen LogP contribution in [-0.2, 0) is 0 Å². The van der Waals surface area contributed by atoms with Gasteiger partial charge in [0.15, 0.2) is 0 Å². The predicted molar refractivity (Wildman–Crippen MR) is 131 cm³/mol. The molecule has 0 spiro atoms. The van der Waals surface area contributed by atoms with Crippen molar-refractivity contribution in [3.05, 3.63) is 12.2 Å². The summed E-state index contributed by atoms with van der Waals surface area (Å²) < 4.78 is 0. The summed E-state index contributed by atoms with van der Waals surface area (Å²) in [5.41, 5.74) is 0. The lowest BCUT2D eigenvalue weighted by Gasteiger charge is -2.17. The normalized spacial score (nSPS) is 15.2. The van der Waals surface area contributed by atoms with Crippen molar-refractivity contribution in [1.29, 1.82) is 0 Å². The third-order valence-electron chi connectivity index (χ3n) is 6.65. The van der Waals surface area contributed by atoms with Gasteiger partial charge < -0.3 is 0 Å². The minimum atomic E-state index is 0.935. The molecule has 0 amide bonds. The monoisotopic (exact) mass is 392 g/mol. The lowest BCUT2D eigenvalue weighted by atomic mass is 9.89. The standard InChI is InChI=1S/C28H56/c1-6-8-10-12-14-16-18-21-27(4)24-25-28(5)23-19-22-26(3)20-17-15-13-11-9-7-2/h7,9,26-28H,6,8,10-25H2,1-5H3/b9-7+. The summed E-state index contributed by atoms with van der Waals surface area (Å²) >= 11 is 0. The van der Waals surface area contributed by atoms with Gasteiger partial charge in [0.05, 0.1) is 0 Å². The van der Waals surface area contributed by atoms with Gasteiger partial charge in [-0.05, 0) is 37.5 Å². The van der Waals surface area contributed by atoms with Gasteiger partial charge >= 0.3 is 0 Å². The van der Waals surface area contributed by atoms with Gasteiger partial charge in [-0.3, -0.25) is 0 Å². The third-order valence-corrected chi connectivity index (χ3v) is 6.65. The number of hydrogen-bond donors (Lipinski definition) is 0. The summed E-state index contributed by atoms with van der Waals surface area (Å²) in [6, 6.07) is 0. The van der Waals surface area contributed by atoms with E-state index in [4.69, 9.17) is 0 Å². The molecule has 0 radical (unpaired) electrons.